The molecule has 15 heavy (non-hydrogen) atoms. The van der Waals surface area contributed by atoms with Crippen molar-refractivity contribution in [2.24, 2.45) is 0 Å². The molecule has 1 aromatic heterocycles. The van der Waals surface area contributed by atoms with Crippen LogP contribution >= 0.6 is 11.6 Å². The van der Waals surface area contributed by atoms with Gasteiger partial charge in [0.1, 0.15) is 0 Å². The van der Waals surface area contributed by atoms with Crippen molar-refractivity contribution < 1.29 is 4.52 Å². The molecule has 2 aromatic rings. The second-order valence-electron chi connectivity index (χ2n) is 3.13. The molecule has 0 atom stereocenters. The monoisotopic (exact) mass is 223 g/mol. The maximum atomic E-state index is 5.77. The van der Waals surface area contributed by atoms with Gasteiger partial charge >= 0.3 is 6.01 Å². The molecule has 0 unspecified atom stereocenters. The minimum absolute atomic E-state index is 0.433. The molecule has 0 radical (unpaired) electrons. The lowest BCUT2D eigenvalue weighted by molar-refractivity contribution is 0.425. The molecule has 0 saturated heterocycles. The maximum absolute atomic E-state index is 5.77. The number of hydrogen-bond acceptors (Lipinski definition) is 4. The second-order valence-corrected chi connectivity index (χ2v) is 3.56. The predicted octanol–water partition coefficient (Wildman–Crippen LogP) is 2.64. The van der Waals surface area contributed by atoms with E-state index in [0.29, 0.717) is 18.4 Å². The molecule has 4 nitrogen and oxygen atoms in total. The Morgan fingerprint density at radius 1 is 1.33 bits per heavy atom. The molecule has 2 rings (SSSR count). The van der Waals surface area contributed by atoms with Gasteiger partial charge in [-0.25, -0.2) is 0 Å². The molecule has 0 spiro atoms. The normalized spacial score (nSPS) is 10.3. The number of anilines is 1. The molecule has 0 aliphatic carbocycles. The van der Waals surface area contributed by atoms with E-state index in [1.54, 1.807) is 6.92 Å². The predicted molar refractivity (Wildman–Crippen MR) is 57.8 cm³/mol. The molecule has 5 heteroatoms. The smallest absolute Gasteiger partial charge is 0.321 e. The van der Waals surface area contributed by atoms with E-state index in [-0.39, 0.29) is 0 Å². The zero-order valence-corrected chi connectivity index (χ0v) is 8.95. The van der Waals surface area contributed by atoms with Gasteiger partial charge in [0.05, 0.1) is 0 Å². The molecule has 0 aliphatic heterocycles. The van der Waals surface area contributed by atoms with Gasteiger partial charge in [0.25, 0.3) is 0 Å². The maximum Gasteiger partial charge on any atom is 0.321 e. The number of hydrogen-bond donors (Lipinski definition) is 1. The van der Waals surface area contributed by atoms with E-state index in [2.05, 4.69) is 15.5 Å². The zero-order valence-electron chi connectivity index (χ0n) is 8.20. The number of aryl methyl sites for hydroxylation is 1. The van der Waals surface area contributed by atoms with Gasteiger partial charge in [0.15, 0.2) is 5.82 Å². The number of benzene rings is 1. The summed E-state index contributed by atoms with van der Waals surface area (Å²) < 4.78 is 4.91. The Morgan fingerprint density at radius 2 is 2.07 bits per heavy atom. The summed E-state index contributed by atoms with van der Waals surface area (Å²) in [5.41, 5.74) is 1.11. The lowest BCUT2D eigenvalue weighted by atomic mass is 10.2. The molecule has 0 saturated carbocycles. The summed E-state index contributed by atoms with van der Waals surface area (Å²) in [4.78, 5) is 4.03. The Balaban J connectivity index is 1.96. The molecular formula is C10H10ClN3O. The molecule has 0 aliphatic rings. The van der Waals surface area contributed by atoms with Gasteiger partial charge in [0, 0.05) is 11.6 Å². The average molecular weight is 224 g/mol. The summed E-state index contributed by atoms with van der Waals surface area (Å²) >= 11 is 5.77. The van der Waals surface area contributed by atoms with Crippen molar-refractivity contribution in [3.63, 3.8) is 0 Å². The van der Waals surface area contributed by atoms with Crippen molar-refractivity contribution in [3.05, 3.63) is 40.7 Å². The Kier molecular flexibility index (Phi) is 2.87. The SMILES string of the molecule is Cc1noc(NCc2ccc(Cl)cc2)n1. The third-order valence-corrected chi connectivity index (χ3v) is 2.14. The molecular weight excluding hydrogens is 214 g/mol. The van der Waals surface area contributed by atoms with Gasteiger partial charge in [-0.3, -0.25) is 0 Å². The highest BCUT2D eigenvalue weighted by atomic mass is 35.5. The van der Waals surface area contributed by atoms with Crippen LogP contribution in [0.15, 0.2) is 28.8 Å². The van der Waals surface area contributed by atoms with Crippen LogP contribution in [0.1, 0.15) is 11.4 Å². The summed E-state index contributed by atoms with van der Waals surface area (Å²) in [5, 5.41) is 7.42. The zero-order chi connectivity index (χ0) is 10.7. The fourth-order valence-electron chi connectivity index (χ4n) is 1.15. The van der Waals surface area contributed by atoms with Crippen LogP contribution < -0.4 is 5.32 Å². The van der Waals surface area contributed by atoms with Crippen LogP contribution in [0.5, 0.6) is 0 Å². The van der Waals surface area contributed by atoms with Crippen molar-refractivity contribution >= 4 is 17.6 Å². The van der Waals surface area contributed by atoms with E-state index < -0.39 is 0 Å². The first-order valence-electron chi connectivity index (χ1n) is 4.52. The van der Waals surface area contributed by atoms with Crippen LogP contribution in [0.3, 0.4) is 0 Å². The minimum Gasteiger partial charge on any atom is -0.334 e. The van der Waals surface area contributed by atoms with Gasteiger partial charge in [-0.1, -0.05) is 28.9 Å². The van der Waals surface area contributed by atoms with Crippen LogP contribution in [-0.2, 0) is 6.54 Å². The summed E-state index contributed by atoms with van der Waals surface area (Å²) in [6, 6.07) is 8.01. The molecule has 1 heterocycles. The highest BCUT2D eigenvalue weighted by Gasteiger charge is 2.00. The second kappa shape index (κ2) is 4.31. The van der Waals surface area contributed by atoms with E-state index in [9.17, 15) is 0 Å². The van der Waals surface area contributed by atoms with E-state index in [0.717, 1.165) is 10.6 Å². The molecule has 0 bridgehead atoms. The van der Waals surface area contributed by atoms with Gasteiger partial charge in [-0.05, 0) is 24.6 Å². The average Bonchev–Trinajstić information content (AvgIpc) is 2.64. The summed E-state index contributed by atoms with van der Waals surface area (Å²) in [6.07, 6.45) is 0. The van der Waals surface area contributed by atoms with Crippen molar-refractivity contribution in [1.29, 1.82) is 0 Å². The summed E-state index contributed by atoms with van der Waals surface area (Å²) in [5.74, 6) is 0.619. The first-order chi connectivity index (χ1) is 7.24. The fraction of sp³-hybridized carbons (Fsp3) is 0.200. The third kappa shape index (κ3) is 2.70. The number of nitrogens with one attached hydrogen (secondary N) is 1. The highest BCUT2D eigenvalue weighted by molar-refractivity contribution is 6.30. The number of aromatic nitrogens is 2. The quantitative estimate of drug-likeness (QED) is 0.869. The summed E-state index contributed by atoms with van der Waals surface area (Å²) in [6.45, 7) is 2.41. The van der Waals surface area contributed by atoms with Crippen molar-refractivity contribution in [3.8, 4) is 0 Å². The lowest BCUT2D eigenvalue weighted by Crippen LogP contribution is -1.99. The fourth-order valence-corrected chi connectivity index (χ4v) is 1.27. The topological polar surface area (TPSA) is 51.0 Å². The van der Waals surface area contributed by atoms with Crippen molar-refractivity contribution in [2.75, 3.05) is 5.32 Å². The van der Waals surface area contributed by atoms with Crippen LogP contribution in [0, 0.1) is 6.92 Å². The third-order valence-electron chi connectivity index (χ3n) is 1.88. The molecule has 1 aromatic carbocycles. The van der Waals surface area contributed by atoms with Crippen molar-refractivity contribution in [1.82, 2.24) is 10.1 Å². The van der Waals surface area contributed by atoms with Gasteiger partial charge < -0.3 is 9.84 Å². The van der Waals surface area contributed by atoms with Crippen LogP contribution in [-0.4, -0.2) is 10.1 Å². The molecule has 0 amide bonds. The number of halogens is 1. The van der Waals surface area contributed by atoms with Crippen LogP contribution in [0.4, 0.5) is 6.01 Å². The Morgan fingerprint density at radius 3 is 2.67 bits per heavy atom. The lowest BCUT2D eigenvalue weighted by Gasteiger charge is -2.00. The standard InChI is InChI=1S/C10H10ClN3O/c1-7-13-10(15-14-7)12-6-8-2-4-9(11)5-3-8/h2-5H,6H2,1H3,(H,12,13,14). The van der Waals surface area contributed by atoms with E-state index >= 15 is 0 Å². The van der Waals surface area contributed by atoms with Crippen molar-refractivity contribution in [2.45, 2.75) is 13.5 Å². The Bertz CT molecular complexity index is 438. The van der Waals surface area contributed by atoms with E-state index in [4.69, 9.17) is 16.1 Å². The largest absolute Gasteiger partial charge is 0.334 e. The number of rotatable bonds is 3. The van der Waals surface area contributed by atoms with Gasteiger partial charge in [0.2, 0.25) is 0 Å². The van der Waals surface area contributed by atoms with Gasteiger partial charge in [-0.15, -0.1) is 0 Å². The van der Waals surface area contributed by atoms with Crippen LogP contribution in [0.25, 0.3) is 0 Å². The Labute approximate surface area is 92.3 Å². The highest BCUT2D eigenvalue weighted by Crippen LogP contribution is 2.11. The first kappa shape index (κ1) is 9.98. The molecule has 78 valence electrons. The number of nitrogens with zero attached hydrogens (tertiary/aromatic N) is 2. The van der Waals surface area contributed by atoms with Gasteiger partial charge in [-0.2, -0.15) is 4.98 Å². The summed E-state index contributed by atoms with van der Waals surface area (Å²) in [7, 11) is 0. The van der Waals surface area contributed by atoms with E-state index in [1.165, 1.54) is 0 Å². The van der Waals surface area contributed by atoms with Crippen LogP contribution in [0.2, 0.25) is 5.02 Å². The van der Waals surface area contributed by atoms with E-state index in [1.807, 2.05) is 24.3 Å². The molecule has 1 N–H and O–H groups in total. The first-order valence-corrected chi connectivity index (χ1v) is 4.90. The molecule has 0 fully saturated rings. The minimum atomic E-state index is 0.433. The Hall–Kier alpha value is -1.55.